The maximum absolute atomic E-state index is 12.1. The Balaban J connectivity index is 0.00000190. The number of carbonyl (C=O) groups excluding carboxylic acids is 2. The van der Waals surface area contributed by atoms with E-state index < -0.39 is 0 Å². The van der Waals surface area contributed by atoms with Crippen LogP contribution in [0.3, 0.4) is 0 Å². The maximum atomic E-state index is 12.1. The standard InChI is InChI=1S/C21H28N2O3.CH2O/c24-14-12-18(7-4-13-22-15-17-5-2-1-3-6-17)16-23-21(26)19-8-10-20(25)11-9-19;1-2/h1-3,5-6,8-11,18,22,24-25H,4,7,12-16H2,(H,23,26);1H2. The third-order valence-electron chi connectivity index (χ3n) is 4.36. The van der Waals surface area contributed by atoms with Crippen molar-refractivity contribution >= 4 is 12.7 Å². The first-order valence-corrected chi connectivity index (χ1v) is 9.40. The number of phenols is 1. The second-order valence-electron chi connectivity index (χ2n) is 6.44. The van der Waals surface area contributed by atoms with Gasteiger partial charge in [-0.15, -0.1) is 0 Å². The second-order valence-corrected chi connectivity index (χ2v) is 6.44. The molecule has 152 valence electrons. The molecule has 6 heteroatoms. The van der Waals surface area contributed by atoms with E-state index in [0.29, 0.717) is 18.5 Å². The first-order valence-electron chi connectivity index (χ1n) is 9.40. The van der Waals surface area contributed by atoms with Gasteiger partial charge in [0.05, 0.1) is 0 Å². The topological polar surface area (TPSA) is 98.7 Å². The van der Waals surface area contributed by atoms with Crippen molar-refractivity contribution < 1.29 is 19.8 Å². The molecule has 0 heterocycles. The number of aromatic hydroxyl groups is 1. The molecule has 0 bridgehead atoms. The average molecular weight is 386 g/mol. The van der Waals surface area contributed by atoms with Gasteiger partial charge in [-0.3, -0.25) is 4.79 Å². The van der Waals surface area contributed by atoms with Crippen molar-refractivity contribution in [1.29, 1.82) is 0 Å². The molecule has 6 nitrogen and oxygen atoms in total. The molecule has 0 saturated carbocycles. The lowest BCUT2D eigenvalue weighted by Gasteiger charge is -2.17. The summed E-state index contributed by atoms with van der Waals surface area (Å²) in [6.07, 6.45) is 2.61. The van der Waals surface area contributed by atoms with Gasteiger partial charge in [-0.25, -0.2) is 0 Å². The Morgan fingerprint density at radius 3 is 2.32 bits per heavy atom. The highest BCUT2D eigenvalue weighted by atomic mass is 16.3. The Bertz CT molecular complexity index is 662. The van der Waals surface area contributed by atoms with Gasteiger partial charge >= 0.3 is 0 Å². The van der Waals surface area contributed by atoms with Crippen molar-refractivity contribution in [2.75, 3.05) is 19.7 Å². The van der Waals surface area contributed by atoms with Crippen LogP contribution in [0.2, 0.25) is 0 Å². The number of hydrogen-bond acceptors (Lipinski definition) is 5. The molecule has 2 aromatic rings. The molecule has 1 amide bonds. The molecule has 1 unspecified atom stereocenters. The molecule has 0 aliphatic carbocycles. The maximum Gasteiger partial charge on any atom is 0.251 e. The van der Waals surface area contributed by atoms with E-state index in [-0.39, 0.29) is 24.2 Å². The largest absolute Gasteiger partial charge is 0.508 e. The van der Waals surface area contributed by atoms with Crippen LogP contribution in [-0.2, 0) is 11.3 Å². The lowest BCUT2D eigenvalue weighted by Crippen LogP contribution is -2.30. The quantitative estimate of drug-likeness (QED) is 0.445. The zero-order chi connectivity index (χ0) is 20.6. The summed E-state index contributed by atoms with van der Waals surface area (Å²) < 4.78 is 0. The number of phenolic OH excluding ortho intramolecular Hbond substituents is 1. The third kappa shape index (κ3) is 9.30. The van der Waals surface area contributed by atoms with Crippen LogP contribution in [0.4, 0.5) is 0 Å². The number of nitrogens with one attached hydrogen (secondary N) is 2. The fraction of sp³-hybridized carbons (Fsp3) is 0.364. The first kappa shape index (κ1) is 23.3. The van der Waals surface area contributed by atoms with Gasteiger partial charge in [0.2, 0.25) is 0 Å². The van der Waals surface area contributed by atoms with Crippen molar-refractivity contribution in [2.24, 2.45) is 5.92 Å². The fourth-order valence-electron chi connectivity index (χ4n) is 2.83. The van der Waals surface area contributed by atoms with Gasteiger partial charge < -0.3 is 25.6 Å². The monoisotopic (exact) mass is 386 g/mol. The Kier molecular flexibility index (Phi) is 12.0. The number of rotatable bonds is 11. The predicted molar refractivity (Wildman–Crippen MR) is 110 cm³/mol. The lowest BCUT2D eigenvalue weighted by molar-refractivity contribution is -0.0980. The Morgan fingerprint density at radius 2 is 1.68 bits per heavy atom. The van der Waals surface area contributed by atoms with Crippen LogP contribution in [0.15, 0.2) is 54.6 Å². The summed E-state index contributed by atoms with van der Waals surface area (Å²) in [5.41, 5.74) is 1.79. The molecule has 4 N–H and O–H groups in total. The summed E-state index contributed by atoms with van der Waals surface area (Å²) >= 11 is 0. The van der Waals surface area contributed by atoms with Crippen LogP contribution in [-0.4, -0.2) is 42.6 Å². The van der Waals surface area contributed by atoms with Gasteiger partial charge in [0.25, 0.3) is 5.91 Å². The SMILES string of the molecule is C=O.O=C(NCC(CCO)CCCNCc1ccccc1)c1ccc(O)cc1. The first-order chi connectivity index (χ1) is 13.7. The number of aliphatic hydroxyl groups is 1. The molecule has 0 aromatic heterocycles. The van der Waals surface area contributed by atoms with E-state index in [1.165, 1.54) is 17.7 Å². The molecule has 28 heavy (non-hydrogen) atoms. The minimum Gasteiger partial charge on any atom is -0.508 e. The molecule has 2 rings (SSSR count). The van der Waals surface area contributed by atoms with Crippen LogP contribution in [0.25, 0.3) is 0 Å². The number of amides is 1. The van der Waals surface area contributed by atoms with Gasteiger partial charge in [-0.1, -0.05) is 30.3 Å². The molecule has 0 saturated heterocycles. The molecule has 0 aliphatic rings. The summed E-state index contributed by atoms with van der Waals surface area (Å²) in [6.45, 7) is 4.42. The van der Waals surface area contributed by atoms with Crippen LogP contribution in [0.5, 0.6) is 5.75 Å². The molecular weight excluding hydrogens is 356 g/mol. The molecular formula is C22H30N2O4. The van der Waals surface area contributed by atoms with Gasteiger partial charge in [0.1, 0.15) is 12.5 Å². The Morgan fingerprint density at radius 1 is 1.00 bits per heavy atom. The molecule has 0 spiro atoms. The van der Waals surface area contributed by atoms with Crippen LogP contribution < -0.4 is 10.6 Å². The zero-order valence-electron chi connectivity index (χ0n) is 16.1. The van der Waals surface area contributed by atoms with E-state index in [1.54, 1.807) is 12.1 Å². The summed E-state index contributed by atoms with van der Waals surface area (Å²) in [7, 11) is 0. The van der Waals surface area contributed by atoms with Crippen LogP contribution in [0.1, 0.15) is 35.2 Å². The van der Waals surface area contributed by atoms with E-state index in [1.807, 2.05) is 25.0 Å². The van der Waals surface area contributed by atoms with Crippen LogP contribution >= 0.6 is 0 Å². The molecule has 1 atom stereocenters. The average Bonchev–Trinajstić information content (AvgIpc) is 2.74. The highest BCUT2D eigenvalue weighted by Gasteiger charge is 2.11. The number of carbonyl (C=O) groups is 2. The third-order valence-corrected chi connectivity index (χ3v) is 4.36. The zero-order valence-corrected chi connectivity index (χ0v) is 16.1. The minimum absolute atomic E-state index is 0.122. The molecule has 0 radical (unpaired) electrons. The number of aliphatic hydroxyl groups excluding tert-OH is 1. The van der Waals surface area contributed by atoms with Gasteiger partial charge in [0.15, 0.2) is 0 Å². The predicted octanol–water partition coefficient (Wildman–Crippen LogP) is 2.51. The fourth-order valence-corrected chi connectivity index (χ4v) is 2.83. The van der Waals surface area contributed by atoms with E-state index in [4.69, 9.17) is 4.79 Å². The Hall–Kier alpha value is -2.70. The summed E-state index contributed by atoms with van der Waals surface area (Å²) in [4.78, 5) is 20.1. The highest BCUT2D eigenvalue weighted by Crippen LogP contribution is 2.12. The second kappa shape index (κ2) is 14.4. The smallest absolute Gasteiger partial charge is 0.251 e. The van der Waals surface area contributed by atoms with Crippen LogP contribution in [0, 0.1) is 5.92 Å². The highest BCUT2D eigenvalue weighted by molar-refractivity contribution is 5.94. The molecule has 2 aromatic carbocycles. The van der Waals surface area contributed by atoms with Crippen molar-refractivity contribution in [1.82, 2.24) is 10.6 Å². The summed E-state index contributed by atoms with van der Waals surface area (Å²) in [5.74, 6) is 0.234. The van der Waals surface area contributed by atoms with Crippen molar-refractivity contribution in [2.45, 2.75) is 25.8 Å². The number of benzene rings is 2. The normalized spacial score (nSPS) is 11.2. The minimum atomic E-state index is -0.157. The van der Waals surface area contributed by atoms with E-state index >= 15 is 0 Å². The van der Waals surface area contributed by atoms with Gasteiger partial charge in [0, 0.05) is 25.3 Å². The van der Waals surface area contributed by atoms with Gasteiger partial charge in [-0.05, 0) is 61.6 Å². The summed E-state index contributed by atoms with van der Waals surface area (Å²) in [6, 6.07) is 16.5. The van der Waals surface area contributed by atoms with Gasteiger partial charge in [-0.2, -0.15) is 0 Å². The van der Waals surface area contributed by atoms with E-state index in [2.05, 4.69) is 22.8 Å². The molecule has 0 fully saturated rings. The molecule has 0 aliphatic heterocycles. The van der Waals surface area contributed by atoms with Crippen molar-refractivity contribution in [3.63, 3.8) is 0 Å². The van der Waals surface area contributed by atoms with Crippen molar-refractivity contribution in [3.8, 4) is 5.75 Å². The lowest BCUT2D eigenvalue weighted by atomic mass is 9.99. The summed E-state index contributed by atoms with van der Waals surface area (Å²) in [5, 5.41) is 24.9. The van der Waals surface area contributed by atoms with E-state index in [9.17, 15) is 15.0 Å². The Labute approximate surface area is 166 Å². The van der Waals surface area contributed by atoms with E-state index in [0.717, 1.165) is 25.9 Å². The van der Waals surface area contributed by atoms with Crippen molar-refractivity contribution in [3.05, 3.63) is 65.7 Å². The number of hydrogen-bond donors (Lipinski definition) is 4.